The van der Waals surface area contributed by atoms with E-state index in [0.717, 1.165) is 44.0 Å². The monoisotopic (exact) mass is 343 g/mol. The number of piperidine rings is 1. The zero-order valence-corrected chi connectivity index (χ0v) is 14.2. The highest BCUT2D eigenvalue weighted by atomic mass is 16.7. The van der Waals surface area contributed by atoms with Crippen LogP contribution in [-0.2, 0) is 11.3 Å². The number of hydrogen-bond donors (Lipinski definition) is 0. The maximum atomic E-state index is 6.18. The molecule has 0 amide bonds. The highest BCUT2D eigenvalue weighted by Gasteiger charge is 2.41. The number of aryl methyl sites for hydroxylation is 1. The lowest BCUT2D eigenvalue weighted by Gasteiger charge is -2.34. The molecule has 1 aromatic heterocycles. The van der Waals surface area contributed by atoms with E-state index in [9.17, 15) is 0 Å². The van der Waals surface area contributed by atoms with Crippen LogP contribution in [0.5, 0.6) is 11.5 Å². The molecular weight excluding hydrogens is 322 g/mol. The van der Waals surface area contributed by atoms with Gasteiger partial charge >= 0.3 is 0 Å². The van der Waals surface area contributed by atoms with Gasteiger partial charge in [-0.15, -0.1) is 0 Å². The molecule has 2 aromatic rings. The van der Waals surface area contributed by atoms with Crippen molar-refractivity contribution in [1.82, 2.24) is 15.0 Å². The van der Waals surface area contributed by atoms with Gasteiger partial charge in [-0.2, -0.15) is 4.98 Å². The number of benzene rings is 1. The average molecular weight is 343 g/mol. The Balaban J connectivity index is 1.23. The van der Waals surface area contributed by atoms with Crippen molar-refractivity contribution in [1.29, 1.82) is 0 Å². The molecule has 1 aromatic carbocycles. The molecule has 0 radical (unpaired) electrons. The Bertz CT molecular complexity index is 777. The van der Waals surface area contributed by atoms with Gasteiger partial charge in [0.25, 0.3) is 0 Å². The van der Waals surface area contributed by atoms with Crippen molar-refractivity contribution < 1.29 is 18.7 Å². The predicted molar refractivity (Wildman–Crippen MR) is 87.2 cm³/mol. The van der Waals surface area contributed by atoms with Crippen molar-refractivity contribution in [3.8, 4) is 11.5 Å². The molecule has 3 aliphatic rings. The van der Waals surface area contributed by atoms with Crippen molar-refractivity contribution in [2.45, 2.75) is 38.5 Å². The third-order valence-electron chi connectivity index (χ3n) is 5.28. The van der Waals surface area contributed by atoms with E-state index < -0.39 is 0 Å². The Morgan fingerprint density at radius 3 is 3.04 bits per heavy atom. The van der Waals surface area contributed by atoms with Crippen LogP contribution in [0.15, 0.2) is 22.7 Å². The lowest BCUT2D eigenvalue weighted by molar-refractivity contribution is -0.00433. The van der Waals surface area contributed by atoms with Gasteiger partial charge in [0.2, 0.25) is 18.5 Å². The van der Waals surface area contributed by atoms with E-state index in [4.69, 9.17) is 18.7 Å². The minimum Gasteiger partial charge on any atom is -0.454 e. The third-order valence-corrected chi connectivity index (χ3v) is 5.28. The van der Waals surface area contributed by atoms with Crippen molar-refractivity contribution in [2.75, 3.05) is 19.9 Å². The summed E-state index contributed by atoms with van der Waals surface area (Å²) in [7, 11) is 0. The highest BCUT2D eigenvalue weighted by molar-refractivity contribution is 5.44. The number of likely N-dealkylation sites (tertiary alicyclic amines) is 1. The van der Waals surface area contributed by atoms with E-state index in [1.165, 1.54) is 5.56 Å². The molecule has 7 nitrogen and oxygen atoms in total. The van der Waals surface area contributed by atoms with Crippen molar-refractivity contribution in [3.05, 3.63) is 35.5 Å². The highest BCUT2D eigenvalue weighted by Crippen LogP contribution is 2.40. The predicted octanol–water partition coefficient (Wildman–Crippen LogP) is 2.46. The van der Waals surface area contributed by atoms with Crippen LogP contribution in [-0.4, -0.2) is 41.0 Å². The summed E-state index contributed by atoms with van der Waals surface area (Å²) in [5.41, 5.74) is 1.26. The summed E-state index contributed by atoms with van der Waals surface area (Å²) >= 11 is 0. The van der Waals surface area contributed by atoms with Gasteiger partial charge in [0.05, 0.1) is 6.10 Å². The van der Waals surface area contributed by atoms with Crippen LogP contribution < -0.4 is 9.47 Å². The van der Waals surface area contributed by atoms with Crippen LogP contribution in [0.2, 0.25) is 0 Å². The summed E-state index contributed by atoms with van der Waals surface area (Å²) in [4.78, 5) is 6.82. The topological polar surface area (TPSA) is 69.9 Å². The summed E-state index contributed by atoms with van der Waals surface area (Å²) < 4.78 is 22.1. The van der Waals surface area contributed by atoms with E-state index in [1.807, 2.05) is 13.0 Å². The van der Waals surface area contributed by atoms with Crippen molar-refractivity contribution in [3.63, 3.8) is 0 Å². The van der Waals surface area contributed by atoms with Gasteiger partial charge in [0, 0.05) is 32.5 Å². The van der Waals surface area contributed by atoms with E-state index in [-0.39, 0.29) is 6.10 Å². The molecule has 132 valence electrons. The van der Waals surface area contributed by atoms with Gasteiger partial charge in [0.1, 0.15) is 6.10 Å². The number of nitrogens with zero attached hydrogens (tertiary/aromatic N) is 3. The van der Waals surface area contributed by atoms with Crippen LogP contribution in [0.25, 0.3) is 0 Å². The Kier molecular flexibility index (Phi) is 3.64. The third kappa shape index (κ3) is 2.87. The van der Waals surface area contributed by atoms with E-state index in [1.54, 1.807) is 0 Å². The van der Waals surface area contributed by atoms with Crippen molar-refractivity contribution in [2.24, 2.45) is 5.92 Å². The van der Waals surface area contributed by atoms with Gasteiger partial charge in [0.15, 0.2) is 11.5 Å². The number of rotatable bonds is 3. The van der Waals surface area contributed by atoms with E-state index in [2.05, 4.69) is 27.2 Å². The summed E-state index contributed by atoms with van der Waals surface area (Å²) in [6, 6.07) is 6.21. The molecule has 0 N–H and O–H groups in total. The molecule has 0 aliphatic carbocycles. The molecule has 3 aliphatic heterocycles. The molecule has 2 saturated heterocycles. The molecular formula is C18H21N3O4. The first-order chi connectivity index (χ1) is 12.2. The zero-order chi connectivity index (χ0) is 16.8. The van der Waals surface area contributed by atoms with Gasteiger partial charge < -0.3 is 18.7 Å². The first-order valence-electron chi connectivity index (χ1n) is 8.81. The van der Waals surface area contributed by atoms with Gasteiger partial charge in [-0.3, -0.25) is 4.90 Å². The first-order valence-corrected chi connectivity index (χ1v) is 8.81. The van der Waals surface area contributed by atoms with Crippen LogP contribution in [0.1, 0.15) is 36.2 Å². The van der Waals surface area contributed by atoms with E-state index in [0.29, 0.717) is 30.5 Å². The second-order valence-electron chi connectivity index (χ2n) is 7.04. The van der Waals surface area contributed by atoms with Crippen LogP contribution in [0.4, 0.5) is 0 Å². The quantitative estimate of drug-likeness (QED) is 0.848. The normalized spacial score (nSPS) is 28.3. The maximum Gasteiger partial charge on any atom is 0.231 e. The molecule has 3 atom stereocenters. The first kappa shape index (κ1) is 15.2. The molecule has 25 heavy (non-hydrogen) atoms. The average Bonchev–Trinajstić information content (AvgIpc) is 3.32. The molecule has 0 unspecified atom stereocenters. The molecule has 0 bridgehead atoms. The van der Waals surface area contributed by atoms with Gasteiger partial charge in [-0.25, -0.2) is 0 Å². The SMILES string of the molecule is Cc1nc([C@@H]2C[C@@H]3CN(Cc4ccc5c(c4)OCO5)CC[C@H]3O2)no1. The minimum atomic E-state index is -0.0297. The van der Waals surface area contributed by atoms with Gasteiger partial charge in [-0.05, 0) is 30.5 Å². The summed E-state index contributed by atoms with van der Waals surface area (Å²) in [6.07, 6.45) is 2.28. The number of aromatic nitrogens is 2. The Hall–Kier alpha value is -2.12. The Labute approximate surface area is 145 Å². The molecule has 0 spiro atoms. The number of fused-ring (bicyclic) bond motifs is 2. The summed E-state index contributed by atoms with van der Waals surface area (Å²) in [6.45, 7) is 5.12. The zero-order valence-electron chi connectivity index (χ0n) is 14.2. The number of ether oxygens (including phenoxy) is 3. The molecule has 2 fully saturated rings. The minimum absolute atomic E-state index is 0.0297. The Morgan fingerprint density at radius 2 is 2.16 bits per heavy atom. The van der Waals surface area contributed by atoms with E-state index >= 15 is 0 Å². The second-order valence-corrected chi connectivity index (χ2v) is 7.04. The van der Waals surface area contributed by atoms with Crippen molar-refractivity contribution >= 4 is 0 Å². The van der Waals surface area contributed by atoms with Crippen LogP contribution in [0, 0.1) is 12.8 Å². The van der Waals surface area contributed by atoms with Crippen LogP contribution in [0.3, 0.4) is 0 Å². The van der Waals surface area contributed by atoms with Gasteiger partial charge in [-0.1, -0.05) is 11.2 Å². The fraction of sp³-hybridized carbons (Fsp3) is 0.556. The molecule has 4 heterocycles. The molecule has 7 heteroatoms. The molecule has 0 saturated carbocycles. The second kappa shape index (κ2) is 6.00. The lowest BCUT2D eigenvalue weighted by Crippen LogP contribution is -2.40. The summed E-state index contributed by atoms with van der Waals surface area (Å²) in [5, 5.41) is 4.03. The smallest absolute Gasteiger partial charge is 0.231 e. The standard InChI is InChI=1S/C18H21N3O4/c1-11-19-18(20-25-11)17-7-13-9-21(5-4-14(13)24-17)8-12-2-3-15-16(6-12)23-10-22-15/h2-3,6,13-14,17H,4-5,7-10H2,1H3/t13-,14-,17+/m1/s1. The summed E-state index contributed by atoms with van der Waals surface area (Å²) in [5.74, 6) is 3.49. The largest absolute Gasteiger partial charge is 0.454 e. The number of hydrogen-bond acceptors (Lipinski definition) is 7. The molecule has 5 rings (SSSR count). The lowest BCUT2D eigenvalue weighted by atomic mass is 9.92. The van der Waals surface area contributed by atoms with Crippen LogP contribution >= 0.6 is 0 Å². The fourth-order valence-corrected chi connectivity index (χ4v) is 4.09. The Morgan fingerprint density at radius 1 is 1.24 bits per heavy atom. The fourth-order valence-electron chi connectivity index (χ4n) is 4.09. The maximum absolute atomic E-state index is 6.18.